The zero-order valence-electron chi connectivity index (χ0n) is 10.2. The largest absolute Gasteiger partial charge is 0.393 e. The molecule has 1 fully saturated rings. The van der Waals surface area contributed by atoms with E-state index in [2.05, 4.69) is 31.2 Å². The van der Waals surface area contributed by atoms with Crippen LogP contribution in [-0.4, -0.2) is 11.2 Å². The van der Waals surface area contributed by atoms with Crippen LogP contribution in [0.1, 0.15) is 43.2 Å². The minimum Gasteiger partial charge on any atom is -0.393 e. The Morgan fingerprint density at radius 2 is 1.81 bits per heavy atom. The molecule has 1 N–H and O–H groups in total. The van der Waals surface area contributed by atoms with E-state index in [9.17, 15) is 5.11 Å². The summed E-state index contributed by atoms with van der Waals surface area (Å²) in [6, 6.07) is 8.82. The third kappa shape index (κ3) is 3.34. The van der Waals surface area contributed by atoms with Gasteiger partial charge in [0.05, 0.1) is 6.10 Å². The molecule has 1 aromatic carbocycles. The Balaban J connectivity index is 1.95. The van der Waals surface area contributed by atoms with Gasteiger partial charge in [-0.05, 0) is 37.7 Å². The minimum atomic E-state index is -0.0575. The molecule has 2 unspecified atom stereocenters. The van der Waals surface area contributed by atoms with Crippen molar-refractivity contribution in [2.75, 3.05) is 0 Å². The van der Waals surface area contributed by atoms with Crippen LogP contribution in [0.5, 0.6) is 0 Å². The molecule has 0 radical (unpaired) electrons. The third-order valence-electron chi connectivity index (χ3n) is 3.65. The maximum atomic E-state index is 9.78. The Bertz CT molecular complexity index is 315. The fraction of sp³-hybridized carbons (Fsp3) is 0.600. The van der Waals surface area contributed by atoms with E-state index < -0.39 is 0 Å². The lowest BCUT2D eigenvalue weighted by atomic mass is 9.91. The van der Waals surface area contributed by atoms with Crippen molar-refractivity contribution in [3.8, 4) is 0 Å². The predicted octanol–water partition coefficient (Wildman–Crippen LogP) is 3.48. The Kier molecular flexibility index (Phi) is 4.00. The zero-order valence-corrected chi connectivity index (χ0v) is 10.2. The molecule has 0 aliphatic heterocycles. The van der Waals surface area contributed by atoms with Crippen molar-refractivity contribution >= 4 is 0 Å². The van der Waals surface area contributed by atoms with Gasteiger partial charge in [0, 0.05) is 0 Å². The summed E-state index contributed by atoms with van der Waals surface area (Å²) in [6.07, 6.45) is 6.85. The summed E-state index contributed by atoms with van der Waals surface area (Å²) in [5.74, 6) is 0.681. The standard InChI is InChI=1S/C15H22O/c1-12-6-8-13(9-7-12)10-14-4-2-3-5-15(16)11-14/h6-9,14-16H,2-5,10-11H2,1H3. The number of hydrogen-bond donors (Lipinski definition) is 1. The van der Waals surface area contributed by atoms with Gasteiger partial charge in [-0.25, -0.2) is 0 Å². The molecule has 1 nitrogen and oxygen atoms in total. The summed E-state index contributed by atoms with van der Waals surface area (Å²) in [6.45, 7) is 2.12. The zero-order chi connectivity index (χ0) is 11.4. The molecule has 1 saturated carbocycles. The van der Waals surface area contributed by atoms with Crippen LogP contribution in [0.2, 0.25) is 0 Å². The Morgan fingerprint density at radius 3 is 2.56 bits per heavy atom. The van der Waals surface area contributed by atoms with Crippen LogP contribution in [-0.2, 0) is 6.42 Å². The summed E-state index contributed by atoms with van der Waals surface area (Å²) >= 11 is 0. The second kappa shape index (κ2) is 5.49. The summed E-state index contributed by atoms with van der Waals surface area (Å²) in [5, 5.41) is 9.78. The van der Waals surface area contributed by atoms with Crippen LogP contribution < -0.4 is 0 Å². The molecule has 0 aromatic heterocycles. The first-order valence-corrected chi connectivity index (χ1v) is 6.47. The van der Waals surface area contributed by atoms with Crippen molar-refractivity contribution in [1.82, 2.24) is 0 Å². The van der Waals surface area contributed by atoms with Crippen LogP contribution >= 0.6 is 0 Å². The van der Waals surface area contributed by atoms with Crippen molar-refractivity contribution in [3.05, 3.63) is 35.4 Å². The SMILES string of the molecule is Cc1ccc(CC2CCCCC(O)C2)cc1. The maximum absolute atomic E-state index is 9.78. The smallest absolute Gasteiger partial charge is 0.0543 e. The third-order valence-corrected chi connectivity index (χ3v) is 3.65. The molecular weight excluding hydrogens is 196 g/mol. The van der Waals surface area contributed by atoms with E-state index >= 15 is 0 Å². The van der Waals surface area contributed by atoms with Gasteiger partial charge in [0.2, 0.25) is 0 Å². The molecule has 1 aliphatic carbocycles. The van der Waals surface area contributed by atoms with Gasteiger partial charge in [-0.3, -0.25) is 0 Å². The first kappa shape index (κ1) is 11.7. The van der Waals surface area contributed by atoms with Crippen LogP contribution in [0.25, 0.3) is 0 Å². The molecule has 2 rings (SSSR count). The molecule has 1 heteroatoms. The second-order valence-corrected chi connectivity index (χ2v) is 5.23. The highest BCUT2D eigenvalue weighted by Gasteiger charge is 2.18. The number of aliphatic hydroxyl groups excluding tert-OH is 1. The maximum Gasteiger partial charge on any atom is 0.0543 e. The summed E-state index contributed by atoms with van der Waals surface area (Å²) in [7, 11) is 0. The lowest BCUT2D eigenvalue weighted by molar-refractivity contribution is 0.141. The predicted molar refractivity (Wildman–Crippen MR) is 67.5 cm³/mol. The molecule has 0 amide bonds. The first-order valence-electron chi connectivity index (χ1n) is 6.47. The van der Waals surface area contributed by atoms with Crippen LogP contribution in [0.15, 0.2) is 24.3 Å². The molecule has 1 aliphatic rings. The second-order valence-electron chi connectivity index (χ2n) is 5.23. The molecule has 0 saturated heterocycles. The van der Waals surface area contributed by atoms with Crippen molar-refractivity contribution in [2.45, 2.75) is 51.6 Å². The highest BCUT2D eigenvalue weighted by atomic mass is 16.3. The van der Waals surface area contributed by atoms with Gasteiger partial charge in [0.25, 0.3) is 0 Å². The molecule has 0 bridgehead atoms. The van der Waals surface area contributed by atoms with Gasteiger partial charge in [0.1, 0.15) is 0 Å². The summed E-state index contributed by atoms with van der Waals surface area (Å²) in [5.41, 5.74) is 2.74. The number of benzene rings is 1. The molecule has 0 heterocycles. The molecular formula is C15H22O. The van der Waals surface area contributed by atoms with E-state index in [0.29, 0.717) is 5.92 Å². The number of rotatable bonds is 2. The van der Waals surface area contributed by atoms with E-state index in [-0.39, 0.29) is 6.10 Å². The van der Waals surface area contributed by atoms with Crippen LogP contribution in [0, 0.1) is 12.8 Å². The number of hydrogen-bond acceptors (Lipinski definition) is 1. The minimum absolute atomic E-state index is 0.0575. The van der Waals surface area contributed by atoms with E-state index in [0.717, 1.165) is 19.3 Å². The van der Waals surface area contributed by atoms with Crippen LogP contribution in [0.4, 0.5) is 0 Å². The van der Waals surface area contributed by atoms with Crippen LogP contribution in [0.3, 0.4) is 0 Å². The Hall–Kier alpha value is -0.820. The normalized spacial score (nSPS) is 26.4. The topological polar surface area (TPSA) is 20.2 Å². The van der Waals surface area contributed by atoms with Crippen molar-refractivity contribution < 1.29 is 5.11 Å². The molecule has 1 aromatic rings. The van der Waals surface area contributed by atoms with E-state index in [1.54, 1.807) is 0 Å². The van der Waals surface area contributed by atoms with E-state index in [1.165, 1.54) is 30.4 Å². The molecule has 0 spiro atoms. The Morgan fingerprint density at radius 1 is 1.12 bits per heavy atom. The van der Waals surface area contributed by atoms with Crippen molar-refractivity contribution in [1.29, 1.82) is 0 Å². The van der Waals surface area contributed by atoms with Gasteiger partial charge >= 0.3 is 0 Å². The molecule has 88 valence electrons. The summed E-state index contributed by atoms with van der Waals surface area (Å²) < 4.78 is 0. The fourth-order valence-corrected chi connectivity index (χ4v) is 2.68. The average molecular weight is 218 g/mol. The fourth-order valence-electron chi connectivity index (χ4n) is 2.68. The first-order chi connectivity index (χ1) is 7.74. The van der Waals surface area contributed by atoms with Crippen molar-refractivity contribution in [2.24, 2.45) is 5.92 Å². The van der Waals surface area contributed by atoms with Gasteiger partial charge in [-0.2, -0.15) is 0 Å². The van der Waals surface area contributed by atoms with Gasteiger partial charge < -0.3 is 5.11 Å². The van der Waals surface area contributed by atoms with Gasteiger partial charge in [0.15, 0.2) is 0 Å². The van der Waals surface area contributed by atoms with Gasteiger partial charge in [-0.1, -0.05) is 49.1 Å². The molecule has 16 heavy (non-hydrogen) atoms. The molecule has 2 atom stereocenters. The highest BCUT2D eigenvalue weighted by Crippen LogP contribution is 2.26. The van der Waals surface area contributed by atoms with E-state index in [1.807, 2.05) is 0 Å². The number of aryl methyl sites for hydroxylation is 1. The monoisotopic (exact) mass is 218 g/mol. The average Bonchev–Trinajstić information content (AvgIpc) is 2.46. The lowest BCUT2D eigenvalue weighted by Gasteiger charge is -2.16. The highest BCUT2D eigenvalue weighted by molar-refractivity contribution is 5.21. The quantitative estimate of drug-likeness (QED) is 0.753. The summed E-state index contributed by atoms with van der Waals surface area (Å²) in [4.78, 5) is 0. The van der Waals surface area contributed by atoms with Crippen molar-refractivity contribution in [3.63, 3.8) is 0 Å². The lowest BCUT2D eigenvalue weighted by Crippen LogP contribution is -2.12. The Labute approximate surface area is 98.5 Å². The number of aliphatic hydroxyl groups is 1. The van der Waals surface area contributed by atoms with Gasteiger partial charge in [-0.15, -0.1) is 0 Å². The van der Waals surface area contributed by atoms with E-state index in [4.69, 9.17) is 0 Å².